The first kappa shape index (κ1) is 11.4. The first-order valence-electron chi connectivity index (χ1n) is 4.73. The Balaban J connectivity index is 2.34. The standard InChI is InChI=1S/C10H10ClNO3S/c1-7-2-3-10-8(6-7)9(12-15-10)4-5-16(11,13)14/h2-3,6H,4-5H2,1H3. The molecule has 1 heterocycles. The average Bonchev–Trinajstić information content (AvgIpc) is 2.56. The van der Waals surface area contributed by atoms with Crippen LogP contribution in [0.25, 0.3) is 11.0 Å². The first-order chi connectivity index (χ1) is 7.46. The Labute approximate surface area is 97.6 Å². The molecule has 0 amide bonds. The quantitative estimate of drug-likeness (QED) is 0.793. The van der Waals surface area contributed by atoms with Crippen molar-refractivity contribution in [3.63, 3.8) is 0 Å². The second-order valence-electron chi connectivity index (χ2n) is 3.62. The van der Waals surface area contributed by atoms with Gasteiger partial charge in [0.05, 0.1) is 11.4 Å². The smallest absolute Gasteiger partial charge is 0.232 e. The van der Waals surface area contributed by atoms with Gasteiger partial charge in [-0.15, -0.1) is 0 Å². The number of nitrogens with zero attached hydrogens (tertiary/aromatic N) is 1. The summed E-state index contributed by atoms with van der Waals surface area (Å²) in [4.78, 5) is 0. The molecule has 2 aromatic rings. The molecule has 4 nitrogen and oxygen atoms in total. The number of aryl methyl sites for hydroxylation is 2. The van der Waals surface area contributed by atoms with Gasteiger partial charge in [-0.05, 0) is 19.1 Å². The van der Waals surface area contributed by atoms with Crippen molar-refractivity contribution in [2.45, 2.75) is 13.3 Å². The predicted molar refractivity (Wildman–Crippen MR) is 62.1 cm³/mol. The third-order valence-corrected chi connectivity index (χ3v) is 3.44. The van der Waals surface area contributed by atoms with Gasteiger partial charge < -0.3 is 4.52 Å². The Morgan fingerprint density at radius 1 is 1.44 bits per heavy atom. The average molecular weight is 260 g/mol. The van der Waals surface area contributed by atoms with Crippen molar-refractivity contribution < 1.29 is 12.9 Å². The molecule has 0 saturated carbocycles. The molecule has 86 valence electrons. The zero-order valence-corrected chi connectivity index (χ0v) is 10.2. The van der Waals surface area contributed by atoms with Gasteiger partial charge in [-0.1, -0.05) is 16.8 Å². The van der Waals surface area contributed by atoms with Crippen molar-refractivity contribution in [3.05, 3.63) is 29.5 Å². The molecule has 0 spiro atoms. The summed E-state index contributed by atoms with van der Waals surface area (Å²) in [7, 11) is 1.66. The van der Waals surface area contributed by atoms with E-state index in [1.807, 2.05) is 25.1 Å². The normalized spacial score (nSPS) is 12.1. The van der Waals surface area contributed by atoms with Gasteiger partial charge in [-0.2, -0.15) is 0 Å². The zero-order valence-electron chi connectivity index (χ0n) is 8.60. The fraction of sp³-hybridized carbons (Fsp3) is 0.300. The fourth-order valence-corrected chi connectivity index (χ4v) is 2.17. The third kappa shape index (κ3) is 2.54. The number of benzene rings is 1. The van der Waals surface area contributed by atoms with Gasteiger partial charge in [0.1, 0.15) is 0 Å². The maximum absolute atomic E-state index is 10.8. The number of hydrogen-bond donors (Lipinski definition) is 0. The van der Waals surface area contributed by atoms with Gasteiger partial charge in [0.2, 0.25) is 9.05 Å². The highest BCUT2D eigenvalue weighted by atomic mass is 35.7. The van der Waals surface area contributed by atoms with Crippen LogP contribution >= 0.6 is 10.7 Å². The van der Waals surface area contributed by atoms with E-state index >= 15 is 0 Å². The van der Waals surface area contributed by atoms with Crippen LogP contribution in [-0.4, -0.2) is 19.3 Å². The Morgan fingerprint density at radius 3 is 2.88 bits per heavy atom. The van der Waals surface area contributed by atoms with Crippen LogP contribution < -0.4 is 0 Å². The molecule has 0 aliphatic carbocycles. The minimum Gasteiger partial charge on any atom is -0.356 e. The highest BCUT2D eigenvalue weighted by Gasteiger charge is 2.12. The van der Waals surface area contributed by atoms with Gasteiger partial charge in [-0.25, -0.2) is 8.42 Å². The van der Waals surface area contributed by atoms with Gasteiger partial charge in [0, 0.05) is 22.5 Å². The summed E-state index contributed by atoms with van der Waals surface area (Å²) in [5.41, 5.74) is 2.36. The lowest BCUT2D eigenvalue weighted by Crippen LogP contribution is -2.01. The van der Waals surface area contributed by atoms with E-state index in [2.05, 4.69) is 5.16 Å². The van der Waals surface area contributed by atoms with Gasteiger partial charge in [0.25, 0.3) is 0 Å². The largest absolute Gasteiger partial charge is 0.356 e. The summed E-state index contributed by atoms with van der Waals surface area (Å²) in [6, 6.07) is 5.65. The summed E-state index contributed by atoms with van der Waals surface area (Å²) in [6.07, 6.45) is 0.266. The van der Waals surface area contributed by atoms with Crippen molar-refractivity contribution in [2.75, 3.05) is 5.75 Å². The highest BCUT2D eigenvalue weighted by Crippen LogP contribution is 2.20. The molecular weight excluding hydrogens is 250 g/mol. The number of hydrogen-bond acceptors (Lipinski definition) is 4. The van der Waals surface area contributed by atoms with E-state index in [4.69, 9.17) is 15.2 Å². The summed E-state index contributed by atoms with van der Waals surface area (Å²) < 4.78 is 26.8. The lowest BCUT2D eigenvalue weighted by molar-refractivity contribution is 0.447. The molecule has 2 rings (SSSR count). The van der Waals surface area contributed by atoms with Crippen LogP contribution in [0.15, 0.2) is 22.7 Å². The lowest BCUT2D eigenvalue weighted by Gasteiger charge is -1.95. The van der Waals surface area contributed by atoms with Crippen LogP contribution in [0.2, 0.25) is 0 Å². The van der Waals surface area contributed by atoms with E-state index in [-0.39, 0.29) is 12.2 Å². The Hall–Kier alpha value is -1.07. The first-order valence-corrected chi connectivity index (χ1v) is 7.21. The van der Waals surface area contributed by atoms with Gasteiger partial charge >= 0.3 is 0 Å². The second-order valence-corrected chi connectivity index (χ2v) is 6.52. The van der Waals surface area contributed by atoms with E-state index in [1.165, 1.54) is 0 Å². The molecule has 1 aromatic carbocycles. The minimum absolute atomic E-state index is 0.135. The molecular formula is C10H10ClNO3S. The molecule has 0 fully saturated rings. The molecule has 6 heteroatoms. The van der Waals surface area contributed by atoms with Crippen LogP contribution in [0.1, 0.15) is 11.3 Å². The maximum atomic E-state index is 10.8. The molecule has 0 aliphatic rings. The molecule has 0 saturated heterocycles. The van der Waals surface area contributed by atoms with E-state index in [0.717, 1.165) is 10.9 Å². The summed E-state index contributed by atoms with van der Waals surface area (Å²) in [6.45, 7) is 1.95. The van der Waals surface area contributed by atoms with Gasteiger partial charge in [0.15, 0.2) is 5.58 Å². The van der Waals surface area contributed by atoms with E-state index in [9.17, 15) is 8.42 Å². The fourth-order valence-electron chi connectivity index (χ4n) is 1.50. The van der Waals surface area contributed by atoms with E-state index in [0.29, 0.717) is 11.3 Å². The van der Waals surface area contributed by atoms with Crippen molar-refractivity contribution in [1.82, 2.24) is 5.16 Å². The van der Waals surface area contributed by atoms with Crippen molar-refractivity contribution in [2.24, 2.45) is 0 Å². The molecule has 0 N–H and O–H groups in total. The number of aromatic nitrogens is 1. The van der Waals surface area contributed by atoms with Gasteiger partial charge in [-0.3, -0.25) is 0 Å². The molecule has 1 aromatic heterocycles. The molecule has 0 unspecified atom stereocenters. The van der Waals surface area contributed by atoms with Crippen LogP contribution in [-0.2, 0) is 15.5 Å². The zero-order chi connectivity index (χ0) is 11.8. The molecule has 16 heavy (non-hydrogen) atoms. The third-order valence-electron chi connectivity index (χ3n) is 2.28. The van der Waals surface area contributed by atoms with Crippen molar-refractivity contribution >= 4 is 30.7 Å². The number of rotatable bonds is 3. The monoisotopic (exact) mass is 259 g/mol. The summed E-state index contributed by atoms with van der Waals surface area (Å²) >= 11 is 0. The number of fused-ring (bicyclic) bond motifs is 1. The molecule has 0 radical (unpaired) electrons. The van der Waals surface area contributed by atoms with Crippen LogP contribution in [0, 0.1) is 6.92 Å². The Morgan fingerprint density at radius 2 is 2.19 bits per heavy atom. The van der Waals surface area contributed by atoms with Crippen molar-refractivity contribution in [1.29, 1.82) is 0 Å². The predicted octanol–water partition coefficient (Wildman–Crippen LogP) is 2.25. The Bertz CT molecular complexity index is 618. The number of halogens is 1. The SMILES string of the molecule is Cc1ccc2onc(CCS(=O)(=O)Cl)c2c1. The maximum Gasteiger partial charge on any atom is 0.232 e. The summed E-state index contributed by atoms with van der Waals surface area (Å²) in [5.74, 6) is -0.135. The van der Waals surface area contributed by atoms with Crippen LogP contribution in [0.4, 0.5) is 0 Å². The van der Waals surface area contributed by atoms with Crippen molar-refractivity contribution in [3.8, 4) is 0 Å². The Kier molecular flexibility index (Phi) is 2.90. The second kappa shape index (κ2) is 4.07. The van der Waals surface area contributed by atoms with E-state index < -0.39 is 9.05 Å². The van der Waals surface area contributed by atoms with E-state index in [1.54, 1.807) is 0 Å². The molecule has 0 aliphatic heterocycles. The lowest BCUT2D eigenvalue weighted by atomic mass is 10.1. The van der Waals surface area contributed by atoms with Crippen LogP contribution in [0.5, 0.6) is 0 Å². The molecule has 0 atom stereocenters. The highest BCUT2D eigenvalue weighted by molar-refractivity contribution is 8.13. The minimum atomic E-state index is -3.49. The van der Waals surface area contributed by atoms with Crippen LogP contribution in [0.3, 0.4) is 0 Å². The summed E-state index contributed by atoms with van der Waals surface area (Å²) in [5, 5.41) is 4.69. The molecule has 0 bridgehead atoms. The topological polar surface area (TPSA) is 60.2 Å².